The number of hydrogen-bond acceptors (Lipinski definition) is 4. The maximum atomic E-state index is 12.5. The Morgan fingerprint density at radius 3 is 2.78 bits per heavy atom. The number of aromatic hydroxyl groups is 1. The molecule has 1 N–H and O–H groups in total. The van der Waals surface area contributed by atoms with E-state index in [2.05, 4.69) is 4.98 Å². The van der Waals surface area contributed by atoms with Crippen molar-refractivity contribution in [3.8, 4) is 5.75 Å². The highest BCUT2D eigenvalue weighted by molar-refractivity contribution is 6.42. The minimum atomic E-state index is -0.264. The number of amides is 1. The molecule has 0 radical (unpaired) electrons. The zero-order chi connectivity index (χ0) is 16.4. The van der Waals surface area contributed by atoms with Gasteiger partial charge in [-0.1, -0.05) is 29.3 Å². The van der Waals surface area contributed by atoms with E-state index < -0.39 is 0 Å². The topological polar surface area (TPSA) is 62.7 Å². The van der Waals surface area contributed by atoms with Crippen molar-refractivity contribution >= 4 is 29.1 Å². The summed E-state index contributed by atoms with van der Waals surface area (Å²) in [6.07, 6.45) is 0.990. The van der Waals surface area contributed by atoms with Crippen LogP contribution >= 0.6 is 23.2 Å². The lowest BCUT2D eigenvalue weighted by atomic mass is 10.1. The Morgan fingerprint density at radius 1 is 1.26 bits per heavy atom. The predicted molar refractivity (Wildman–Crippen MR) is 87.0 cm³/mol. The van der Waals surface area contributed by atoms with E-state index in [1.807, 2.05) is 6.07 Å². The zero-order valence-electron chi connectivity index (χ0n) is 12.1. The second kappa shape index (κ2) is 6.74. The molecule has 3 rings (SSSR count). The van der Waals surface area contributed by atoms with Gasteiger partial charge in [-0.3, -0.25) is 4.79 Å². The summed E-state index contributed by atoms with van der Waals surface area (Å²) in [7, 11) is 0. The third-order valence-corrected chi connectivity index (χ3v) is 4.38. The number of carbonyl (C=O) groups is 1. The van der Waals surface area contributed by atoms with Gasteiger partial charge in [-0.15, -0.1) is 0 Å². The lowest BCUT2D eigenvalue weighted by molar-refractivity contribution is -0.0230. The second-order valence-corrected chi connectivity index (χ2v) is 6.00. The summed E-state index contributed by atoms with van der Waals surface area (Å²) in [6.45, 7) is 1.31. The molecule has 1 aliphatic rings. The van der Waals surface area contributed by atoms with Crippen LogP contribution in [0.3, 0.4) is 0 Å². The van der Waals surface area contributed by atoms with Crippen molar-refractivity contribution in [1.82, 2.24) is 9.88 Å². The number of ether oxygens (including phenoxy) is 1. The van der Waals surface area contributed by atoms with Gasteiger partial charge in [0.1, 0.15) is 17.5 Å². The van der Waals surface area contributed by atoms with Crippen LogP contribution in [0.15, 0.2) is 36.5 Å². The number of aromatic nitrogens is 1. The normalized spacial score (nSPS) is 18.0. The molecule has 5 nitrogen and oxygen atoms in total. The van der Waals surface area contributed by atoms with E-state index >= 15 is 0 Å². The van der Waals surface area contributed by atoms with Crippen LogP contribution in [-0.2, 0) is 4.74 Å². The van der Waals surface area contributed by atoms with Gasteiger partial charge in [-0.2, -0.15) is 0 Å². The molecule has 1 aromatic carbocycles. The molecule has 1 fully saturated rings. The van der Waals surface area contributed by atoms with Gasteiger partial charge in [0.25, 0.3) is 5.91 Å². The minimum Gasteiger partial charge on any atom is -0.506 e. The molecule has 0 unspecified atom stereocenters. The fourth-order valence-corrected chi connectivity index (χ4v) is 2.73. The molecule has 23 heavy (non-hydrogen) atoms. The summed E-state index contributed by atoms with van der Waals surface area (Å²) in [5.74, 6) is -0.171. The van der Waals surface area contributed by atoms with Crippen LogP contribution in [0, 0.1) is 0 Å². The number of rotatable bonds is 2. The number of halogens is 2. The monoisotopic (exact) mass is 352 g/mol. The molecular formula is C16H14Cl2N2O3. The Labute approximate surface area is 143 Å². The summed E-state index contributed by atoms with van der Waals surface area (Å²) in [4.78, 5) is 18.1. The largest absolute Gasteiger partial charge is 0.506 e. The highest BCUT2D eigenvalue weighted by Crippen LogP contribution is 2.29. The van der Waals surface area contributed by atoms with E-state index in [1.54, 1.807) is 17.0 Å². The summed E-state index contributed by atoms with van der Waals surface area (Å²) in [5, 5.41) is 10.2. The molecule has 1 saturated heterocycles. The molecule has 1 atom stereocenters. The third-order valence-electron chi connectivity index (χ3n) is 3.64. The molecule has 120 valence electrons. The first-order valence-corrected chi connectivity index (χ1v) is 7.81. The molecule has 1 aliphatic heterocycles. The Hall–Kier alpha value is -1.82. The fourth-order valence-electron chi connectivity index (χ4n) is 2.42. The van der Waals surface area contributed by atoms with Gasteiger partial charge in [0, 0.05) is 6.54 Å². The molecule has 0 bridgehead atoms. The molecule has 1 amide bonds. The number of benzene rings is 1. The maximum absolute atomic E-state index is 12.5. The molecule has 2 aromatic rings. The van der Waals surface area contributed by atoms with Crippen molar-refractivity contribution in [1.29, 1.82) is 0 Å². The first-order chi connectivity index (χ1) is 11.0. The summed E-state index contributed by atoms with van der Waals surface area (Å²) >= 11 is 12.0. The SMILES string of the molecule is O=C(c1ccc(O)cn1)N1CCO[C@H](c2ccc(Cl)c(Cl)c2)C1. The van der Waals surface area contributed by atoms with Gasteiger partial charge in [-0.25, -0.2) is 4.98 Å². The van der Waals surface area contributed by atoms with E-state index in [0.717, 1.165) is 5.56 Å². The number of morpholine rings is 1. The van der Waals surface area contributed by atoms with Gasteiger partial charge in [0.05, 0.1) is 29.4 Å². The van der Waals surface area contributed by atoms with E-state index in [1.165, 1.54) is 18.3 Å². The lowest BCUT2D eigenvalue weighted by Gasteiger charge is -2.33. The van der Waals surface area contributed by atoms with Gasteiger partial charge < -0.3 is 14.7 Å². The van der Waals surface area contributed by atoms with Crippen molar-refractivity contribution in [2.75, 3.05) is 19.7 Å². The number of pyridine rings is 1. The van der Waals surface area contributed by atoms with Gasteiger partial charge in [0.2, 0.25) is 0 Å². The van der Waals surface area contributed by atoms with Crippen LogP contribution in [0.5, 0.6) is 5.75 Å². The molecular weight excluding hydrogens is 339 g/mol. The molecule has 1 aromatic heterocycles. The molecule has 0 spiro atoms. The fraction of sp³-hybridized carbons (Fsp3) is 0.250. The van der Waals surface area contributed by atoms with Crippen LogP contribution in [0.25, 0.3) is 0 Å². The molecule has 0 saturated carbocycles. The number of carbonyl (C=O) groups excluding carboxylic acids is 1. The molecule has 7 heteroatoms. The second-order valence-electron chi connectivity index (χ2n) is 5.19. The van der Waals surface area contributed by atoms with E-state index in [-0.39, 0.29) is 23.5 Å². The lowest BCUT2D eigenvalue weighted by Crippen LogP contribution is -2.42. The van der Waals surface area contributed by atoms with Crippen molar-refractivity contribution in [2.24, 2.45) is 0 Å². The number of nitrogens with zero attached hydrogens (tertiary/aromatic N) is 2. The Kier molecular flexibility index (Phi) is 4.71. The summed E-state index contributed by atoms with van der Waals surface area (Å²) in [5.41, 5.74) is 1.16. The first kappa shape index (κ1) is 16.1. The highest BCUT2D eigenvalue weighted by atomic mass is 35.5. The van der Waals surface area contributed by atoms with Crippen molar-refractivity contribution in [3.63, 3.8) is 0 Å². The van der Waals surface area contributed by atoms with Crippen LogP contribution in [0.1, 0.15) is 22.2 Å². The van der Waals surface area contributed by atoms with Crippen LogP contribution in [-0.4, -0.2) is 40.6 Å². The maximum Gasteiger partial charge on any atom is 0.272 e. The van der Waals surface area contributed by atoms with Crippen LogP contribution in [0.2, 0.25) is 10.0 Å². The van der Waals surface area contributed by atoms with Crippen molar-refractivity contribution < 1.29 is 14.6 Å². The van der Waals surface area contributed by atoms with Crippen LogP contribution in [0.4, 0.5) is 0 Å². The van der Waals surface area contributed by atoms with Crippen molar-refractivity contribution in [3.05, 3.63) is 57.8 Å². The van der Waals surface area contributed by atoms with E-state index in [0.29, 0.717) is 29.7 Å². The smallest absolute Gasteiger partial charge is 0.272 e. The quantitative estimate of drug-likeness (QED) is 0.900. The highest BCUT2D eigenvalue weighted by Gasteiger charge is 2.27. The first-order valence-electron chi connectivity index (χ1n) is 7.05. The predicted octanol–water partition coefficient (Wildman–Crippen LogP) is 3.31. The van der Waals surface area contributed by atoms with Gasteiger partial charge >= 0.3 is 0 Å². The Morgan fingerprint density at radius 2 is 2.09 bits per heavy atom. The Bertz CT molecular complexity index is 722. The summed E-state index contributed by atoms with van der Waals surface area (Å²) in [6, 6.07) is 8.25. The number of hydrogen-bond donors (Lipinski definition) is 1. The van der Waals surface area contributed by atoms with Gasteiger partial charge in [0.15, 0.2) is 0 Å². The Balaban J connectivity index is 1.76. The van der Waals surface area contributed by atoms with E-state index in [9.17, 15) is 9.90 Å². The average Bonchev–Trinajstić information content (AvgIpc) is 2.57. The van der Waals surface area contributed by atoms with E-state index in [4.69, 9.17) is 27.9 Å². The summed E-state index contributed by atoms with van der Waals surface area (Å²) < 4.78 is 5.74. The molecule has 0 aliphatic carbocycles. The van der Waals surface area contributed by atoms with Gasteiger partial charge in [-0.05, 0) is 29.8 Å². The molecule has 2 heterocycles. The minimum absolute atomic E-state index is 0.0252. The zero-order valence-corrected chi connectivity index (χ0v) is 13.6. The average molecular weight is 353 g/mol. The third kappa shape index (κ3) is 3.58. The standard InChI is InChI=1S/C16H14Cl2N2O3/c17-12-3-1-10(7-13(12)18)15-9-20(5-6-23-15)16(22)14-4-2-11(21)8-19-14/h1-4,7-8,15,21H,5-6,9H2/t15-/m0/s1. The van der Waals surface area contributed by atoms with Crippen LogP contribution < -0.4 is 0 Å². The van der Waals surface area contributed by atoms with Crippen molar-refractivity contribution in [2.45, 2.75) is 6.10 Å².